The highest BCUT2D eigenvalue weighted by Crippen LogP contribution is 2.30. The molecule has 110 valence electrons. The van der Waals surface area contributed by atoms with Crippen LogP contribution >= 0.6 is 36.2 Å². The number of fused-ring (bicyclic) bond motifs is 2. The summed E-state index contributed by atoms with van der Waals surface area (Å²) < 4.78 is 6.98. The molecule has 0 bridgehead atoms. The minimum atomic E-state index is 0. The SMILES string of the molecule is Cl.Cl.c1nc(N2C[C@@H]3NCCO[C@H]3C2)c2sccc2n1. The predicted molar refractivity (Wildman–Crippen MR) is 85.7 cm³/mol. The average molecular weight is 335 g/mol. The Kier molecular flexibility index (Phi) is 5.04. The van der Waals surface area contributed by atoms with E-state index in [4.69, 9.17) is 4.74 Å². The van der Waals surface area contributed by atoms with Crippen molar-refractivity contribution in [2.45, 2.75) is 12.1 Å². The molecule has 4 heterocycles. The zero-order chi connectivity index (χ0) is 11.9. The fraction of sp³-hybridized carbons (Fsp3) is 0.500. The molecule has 0 spiro atoms. The van der Waals surface area contributed by atoms with Gasteiger partial charge in [-0.15, -0.1) is 36.2 Å². The predicted octanol–water partition coefficient (Wildman–Crippen LogP) is 1.71. The van der Waals surface area contributed by atoms with Crippen LogP contribution in [0.1, 0.15) is 0 Å². The number of thiophene rings is 1. The van der Waals surface area contributed by atoms with Gasteiger partial charge in [0, 0.05) is 19.6 Å². The van der Waals surface area contributed by atoms with Gasteiger partial charge in [0.2, 0.25) is 0 Å². The molecule has 0 unspecified atom stereocenters. The number of anilines is 1. The van der Waals surface area contributed by atoms with E-state index in [0.29, 0.717) is 12.1 Å². The number of ether oxygens (including phenoxy) is 1. The fourth-order valence-corrected chi connectivity index (χ4v) is 3.63. The lowest BCUT2D eigenvalue weighted by Crippen LogP contribution is -2.47. The lowest BCUT2D eigenvalue weighted by Gasteiger charge is -2.25. The molecule has 0 amide bonds. The van der Waals surface area contributed by atoms with Gasteiger partial charge in [-0.2, -0.15) is 0 Å². The number of nitrogens with one attached hydrogen (secondary N) is 1. The maximum Gasteiger partial charge on any atom is 0.150 e. The third-order valence-electron chi connectivity index (χ3n) is 3.63. The van der Waals surface area contributed by atoms with Gasteiger partial charge >= 0.3 is 0 Å². The van der Waals surface area contributed by atoms with Gasteiger partial charge in [-0.25, -0.2) is 9.97 Å². The monoisotopic (exact) mass is 334 g/mol. The van der Waals surface area contributed by atoms with Crippen LogP contribution < -0.4 is 10.2 Å². The summed E-state index contributed by atoms with van der Waals surface area (Å²) in [5, 5.41) is 5.59. The second kappa shape index (κ2) is 6.41. The zero-order valence-corrected chi connectivity index (χ0v) is 13.1. The van der Waals surface area contributed by atoms with Gasteiger partial charge in [0.05, 0.1) is 29.0 Å². The van der Waals surface area contributed by atoms with Crippen LogP contribution in [0.25, 0.3) is 10.2 Å². The molecule has 1 N–H and O–H groups in total. The molecule has 8 heteroatoms. The van der Waals surface area contributed by atoms with Crippen molar-refractivity contribution >= 4 is 52.2 Å². The summed E-state index contributed by atoms with van der Waals surface area (Å²) in [6.07, 6.45) is 1.95. The van der Waals surface area contributed by atoms with E-state index in [1.807, 2.05) is 6.07 Å². The van der Waals surface area contributed by atoms with Crippen molar-refractivity contribution in [2.24, 2.45) is 0 Å². The van der Waals surface area contributed by atoms with Gasteiger partial charge < -0.3 is 15.0 Å². The van der Waals surface area contributed by atoms with E-state index in [2.05, 4.69) is 25.6 Å². The van der Waals surface area contributed by atoms with E-state index in [1.165, 1.54) is 4.70 Å². The largest absolute Gasteiger partial charge is 0.373 e. The van der Waals surface area contributed by atoms with Crippen molar-refractivity contribution in [3.63, 3.8) is 0 Å². The van der Waals surface area contributed by atoms with Crippen LogP contribution in [-0.4, -0.2) is 48.4 Å². The molecule has 0 aromatic carbocycles. The van der Waals surface area contributed by atoms with Gasteiger partial charge in [0.25, 0.3) is 0 Å². The molecule has 2 atom stereocenters. The van der Waals surface area contributed by atoms with E-state index in [9.17, 15) is 0 Å². The third kappa shape index (κ3) is 2.58. The van der Waals surface area contributed by atoms with Crippen molar-refractivity contribution < 1.29 is 4.74 Å². The second-order valence-corrected chi connectivity index (χ2v) is 5.62. The first kappa shape index (κ1) is 15.7. The zero-order valence-electron chi connectivity index (χ0n) is 10.7. The quantitative estimate of drug-likeness (QED) is 0.860. The van der Waals surface area contributed by atoms with Crippen LogP contribution in [0.3, 0.4) is 0 Å². The Morgan fingerprint density at radius 1 is 1.30 bits per heavy atom. The molecule has 2 aliphatic rings. The molecule has 2 saturated heterocycles. The van der Waals surface area contributed by atoms with Crippen LogP contribution in [0.15, 0.2) is 17.8 Å². The van der Waals surface area contributed by atoms with E-state index in [0.717, 1.165) is 37.6 Å². The molecular formula is C12H16Cl2N4OS. The number of rotatable bonds is 1. The minimum Gasteiger partial charge on any atom is -0.373 e. The number of nitrogens with zero attached hydrogens (tertiary/aromatic N) is 3. The second-order valence-electron chi connectivity index (χ2n) is 4.71. The standard InChI is InChI=1S/C12H14N4OS.2ClH/c1-4-18-11-8(1)14-7-15-12(11)16-5-9-10(6-16)17-3-2-13-9;;/h1,4,7,9-10,13H,2-3,5-6H2;2*1H/t9-,10-;;/m0../s1. The topological polar surface area (TPSA) is 50.3 Å². The van der Waals surface area contributed by atoms with Crippen LogP contribution in [0.4, 0.5) is 5.82 Å². The Morgan fingerprint density at radius 2 is 2.20 bits per heavy atom. The van der Waals surface area contributed by atoms with Crippen molar-refractivity contribution in [1.29, 1.82) is 0 Å². The Balaban J connectivity index is 0.000000735. The normalized spacial score (nSPS) is 24.9. The summed E-state index contributed by atoms with van der Waals surface area (Å²) in [7, 11) is 0. The lowest BCUT2D eigenvalue weighted by molar-refractivity contribution is 0.0212. The Hall–Kier alpha value is -0.660. The number of morpholine rings is 1. The van der Waals surface area contributed by atoms with E-state index in [1.54, 1.807) is 17.7 Å². The Labute approximate surface area is 133 Å². The highest BCUT2D eigenvalue weighted by Gasteiger charge is 2.36. The Morgan fingerprint density at radius 3 is 3.05 bits per heavy atom. The summed E-state index contributed by atoms with van der Waals surface area (Å²) >= 11 is 1.71. The van der Waals surface area contributed by atoms with E-state index < -0.39 is 0 Å². The van der Waals surface area contributed by atoms with Gasteiger partial charge in [0.15, 0.2) is 0 Å². The van der Waals surface area contributed by atoms with Gasteiger partial charge in [0.1, 0.15) is 12.1 Å². The van der Waals surface area contributed by atoms with E-state index >= 15 is 0 Å². The van der Waals surface area contributed by atoms with Gasteiger partial charge in [-0.3, -0.25) is 0 Å². The molecule has 20 heavy (non-hydrogen) atoms. The molecule has 0 radical (unpaired) electrons. The highest BCUT2D eigenvalue weighted by atomic mass is 35.5. The smallest absolute Gasteiger partial charge is 0.150 e. The molecule has 5 nitrogen and oxygen atoms in total. The summed E-state index contributed by atoms with van der Waals surface area (Å²) in [5.41, 5.74) is 1.04. The highest BCUT2D eigenvalue weighted by molar-refractivity contribution is 7.17. The van der Waals surface area contributed by atoms with Crippen LogP contribution in [0.5, 0.6) is 0 Å². The average Bonchev–Trinajstić information content (AvgIpc) is 3.04. The number of hydrogen-bond acceptors (Lipinski definition) is 6. The van der Waals surface area contributed by atoms with Crippen LogP contribution in [0, 0.1) is 0 Å². The first-order valence-corrected chi connectivity index (χ1v) is 7.08. The number of aromatic nitrogens is 2. The molecular weight excluding hydrogens is 319 g/mol. The molecule has 2 fully saturated rings. The summed E-state index contributed by atoms with van der Waals surface area (Å²) in [6.45, 7) is 3.65. The van der Waals surface area contributed by atoms with Crippen molar-refractivity contribution in [3.8, 4) is 0 Å². The summed E-state index contributed by atoms with van der Waals surface area (Å²) in [4.78, 5) is 11.1. The number of halogens is 2. The molecule has 2 aromatic rings. The minimum absolute atomic E-state index is 0. The molecule has 2 aromatic heterocycles. The molecule has 4 rings (SSSR count). The number of hydrogen-bond donors (Lipinski definition) is 1. The van der Waals surface area contributed by atoms with Gasteiger partial charge in [-0.1, -0.05) is 0 Å². The maximum absolute atomic E-state index is 5.80. The van der Waals surface area contributed by atoms with Crippen molar-refractivity contribution in [2.75, 3.05) is 31.1 Å². The maximum atomic E-state index is 5.80. The van der Waals surface area contributed by atoms with Crippen LogP contribution in [-0.2, 0) is 4.74 Å². The van der Waals surface area contributed by atoms with Crippen molar-refractivity contribution in [3.05, 3.63) is 17.8 Å². The summed E-state index contributed by atoms with van der Waals surface area (Å²) in [6, 6.07) is 2.48. The van der Waals surface area contributed by atoms with Crippen molar-refractivity contribution in [1.82, 2.24) is 15.3 Å². The Bertz CT molecular complexity index is 567. The first-order valence-electron chi connectivity index (χ1n) is 6.20. The van der Waals surface area contributed by atoms with Crippen LogP contribution in [0.2, 0.25) is 0 Å². The summed E-state index contributed by atoms with van der Waals surface area (Å²) in [5.74, 6) is 1.05. The van der Waals surface area contributed by atoms with Gasteiger partial charge in [-0.05, 0) is 11.4 Å². The first-order chi connectivity index (χ1) is 8.92. The molecule has 2 aliphatic heterocycles. The molecule has 0 aliphatic carbocycles. The third-order valence-corrected chi connectivity index (χ3v) is 4.53. The molecule has 0 saturated carbocycles. The lowest BCUT2D eigenvalue weighted by atomic mass is 10.2. The van der Waals surface area contributed by atoms with E-state index in [-0.39, 0.29) is 24.8 Å². The fourth-order valence-electron chi connectivity index (χ4n) is 2.77.